The van der Waals surface area contributed by atoms with Crippen LogP contribution < -0.4 is 5.32 Å². The van der Waals surface area contributed by atoms with Gasteiger partial charge >= 0.3 is 0 Å². The Balaban J connectivity index is 1.23. The maximum absolute atomic E-state index is 12.5. The smallest absolute Gasteiger partial charge is 0.253 e. The summed E-state index contributed by atoms with van der Waals surface area (Å²) >= 11 is 0. The predicted molar refractivity (Wildman–Crippen MR) is 117 cm³/mol. The molecular formula is C24H26N4O3. The normalized spacial score (nSPS) is 13.7. The van der Waals surface area contributed by atoms with Gasteiger partial charge in [-0.3, -0.25) is 9.59 Å². The molecule has 31 heavy (non-hydrogen) atoms. The molecule has 2 heterocycles. The van der Waals surface area contributed by atoms with E-state index in [-0.39, 0.29) is 11.8 Å². The molecule has 2 amide bonds. The van der Waals surface area contributed by atoms with Crippen molar-refractivity contribution in [3.8, 4) is 11.4 Å². The van der Waals surface area contributed by atoms with Gasteiger partial charge in [0.25, 0.3) is 5.91 Å². The van der Waals surface area contributed by atoms with Crippen molar-refractivity contribution in [3.63, 3.8) is 0 Å². The predicted octanol–water partition coefficient (Wildman–Crippen LogP) is 4.32. The van der Waals surface area contributed by atoms with Crippen molar-refractivity contribution in [1.29, 1.82) is 0 Å². The van der Waals surface area contributed by atoms with Gasteiger partial charge in [0.05, 0.1) is 0 Å². The van der Waals surface area contributed by atoms with Gasteiger partial charge in [-0.15, -0.1) is 0 Å². The summed E-state index contributed by atoms with van der Waals surface area (Å²) in [5.41, 5.74) is 2.24. The first-order valence-electron chi connectivity index (χ1n) is 10.8. The third-order valence-electron chi connectivity index (χ3n) is 5.35. The number of hydrogen-bond acceptors (Lipinski definition) is 5. The van der Waals surface area contributed by atoms with Crippen LogP contribution in [0.4, 0.5) is 5.69 Å². The van der Waals surface area contributed by atoms with Crippen LogP contribution in [0.3, 0.4) is 0 Å². The fourth-order valence-electron chi connectivity index (χ4n) is 3.66. The number of benzene rings is 2. The zero-order valence-electron chi connectivity index (χ0n) is 17.4. The Morgan fingerprint density at radius 3 is 2.45 bits per heavy atom. The van der Waals surface area contributed by atoms with Crippen molar-refractivity contribution in [1.82, 2.24) is 15.0 Å². The Morgan fingerprint density at radius 1 is 0.968 bits per heavy atom. The highest BCUT2D eigenvalue weighted by molar-refractivity contribution is 5.95. The van der Waals surface area contributed by atoms with E-state index >= 15 is 0 Å². The van der Waals surface area contributed by atoms with Crippen LogP contribution in [0.25, 0.3) is 11.4 Å². The van der Waals surface area contributed by atoms with Crippen LogP contribution in [0, 0.1) is 0 Å². The van der Waals surface area contributed by atoms with Crippen LogP contribution >= 0.6 is 0 Å². The average molecular weight is 418 g/mol. The third-order valence-corrected chi connectivity index (χ3v) is 5.35. The van der Waals surface area contributed by atoms with Crippen molar-refractivity contribution in [2.45, 2.75) is 38.5 Å². The zero-order valence-corrected chi connectivity index (χ0v) is 17.4. The summed E-state index contributed by atoms with van der Waals surface area (Å²) in [6.45, 7) is 1.65. The maximum Gasteiger partial charge on any atom is 0.253 e. The van der Waals surface area contributed by atoms with Gasteiger partial charge in [-0.05, 0) is 49.9 Å². The number of nitrogens with one attached hydrogen (secondary N) is 1. The molecule has 2 aromatic carbocycles. The average Bonchev–Trinajstić information content (AvgIpc) is 3.29. The second-order valence-corrected chi connectivity index (χ2v) is 7.71. The molecule has 0 atom stereocenters. The number of likely N-dealkylation sites (tertiary alicyclic amines) is 1. The summed E-state index contributed by atoms with van der Waals surface area (Å²) in [7, 11) is 0. The van der Waals surface area contributed by atoms with Crippen LogP contribution in [-0.4, -0.2) is 39.9 Å². The lowest BCUT2D eigenvalue weighted by molar-refractivity contribution is -0.116. The SMILES string of the molecule is O=C(CCCc1nc(-c2ccccc2)no1)Nc1ccc(C(=O)N2CCCCC2)cc1. The summed E-state index contributed by atoms with van der Waals surface area (Å²) in [5.74, 6) is 1.05. The van der Waals surface area contributed by atoms with Crippen LogP contribution in [0.2, 0.25) is 0 Å². The summed E-state index contributed by atoms with van der Waals surface area (Å²) in [4.78, 5) is 31.0. The third kappa shape index (κ3) is 5.57. The number of hydrogen-bond donors (Lipinski definition) is 1. The van der Waals surface area contributed by atoms with E-state index in [2.05, 4.69) is 15.5 Å². The number of piperidine rings is 1. The standard InChI is InChI=1S/C24H26N4O3/c29-21(10-7-11-22-26-23(27-31-22)18-8-3-1-4-9-18)25-20-14-12-19(13-15-20)24(30)28-16-5-2-6-17-28/h1,3-4,8-9,12-15H,2,5-7,10-11,16-17H2,(H,25,29). The molecule has 1 fully saturated rings. The maximum atomic E-state index is 12.5. The van der Waals surface area contributed by atoms with E-state index in [0.29, 0.717) is 42.2 Å². The van der Waals surface area contributed by atoms with Gasteiger partial charge in [0, 0.05) is 42.7 Å². The molecule has 1 saturated heterocycles. The number of aryl methyl sites for hydroxylation is 1. The lowest BCUT2D eigenvalue weighted by atomic mass is 10.1. The van der Waals surface area contributed by atoms with E-state index in [9.17, 15) is 9.59 Å². The Labute approximate surface area is 181 Å². The van der Waals surface area contributed by atoms with Crippen LogP contribution in [0.1, 0.15) is 48.4 Å². The summed E-state index contributed by atoms with van der Waals surface area (Å²) in [6, 6.07) is 16.7. The molecule has 1 aromatic heterocycles. The minimum atomic E-state index is -0.0853. The largest absolute Gasteiger partial charge is 0.339 e. The number of carbonyl (C=O) groups is 2. The number of carbonyl (C=O) groups excluding carboxylic acids is 2. The number of rotatable bonds is 7. The summed E-state index contributed by atoms with van der Waals surface area (Å²) < 4.78 is 5.28. The minimum absolute atomic E-state index is 0.0620. The van der Waals surface area contributed by atoms with Crippen LogP contribution in [0.5, 0.6) is 0 Å². The monoisotopic (exact) mass is 418 g/mol. The number of anilines is 1. The van der Waals surface area contributed by atoms with E-state index in [1.807, 2.05) is 35.2 Å². The molecule has 0 radical (unpaired) electrons. The van der Waals surface area contributed by atoms with Gasteiger partial charge in [0.2, 0.25) is 17.6 Å². The number of aromatic nitrogens is 2. The molecule has 0 saturated carbocycles. The zero-order chi connectivity index (χ0) is 21.5. The molecule has 1 aliphatic rings. The van der Waals surface area contributed by atoms with E-state index in [1.54, 1.807) is 24.3 Å². The summed E-state index contributed by atoms with van der Waals surface area (Å²) in [6.07, 6.45) is 4.81. The molecule has 0 bridgehead atoms. The minimum Gasteiger partial charge on any atom is -0.339 e. The molecule has 0 aliphatic carbocycles. The highest BCUT2D eigenvalue weighted by atomic mass is 16.5. The molecule has 160 valence electrons. The second kappa shape index (κ2) is 10.0. The highest BCUT2D eigenvalue weighted by Crippen LogP contribution is 2.17. The summed E-state index contributed by atoms with van der Waals surface area (Å²) in [5, 5.41) is 6.86. The lowest BCUT2D eigenvalue weighted by Gasteiger charge is -2.26. The first-order valence-corrected chi connectivity index (χ1v) is 10.8. The van der Waals surface area contributed by atoms with Crippen molar-refractivity contribution < 1.29 is 14.1 Å². The molecule has 7 heteroatoms. The fourth-order valence-corrected chi connectivity index (χ4v) is 3.66. The van der Waals surface area contributed by atoms with Crippen LogP contribution in [0.15, 0.2) is 59.1 Å². The Kier molecular flexibility index (Phi) is 6.72. The van der Waals surface area contributed by atoms with Crippen molar-refractivity contribution in [2.24, 2.45) is 0 Å². The van der Waals surface area contributed by atoms with Gasteiger partial charge in [-0.2, -0.15) is 4.98 Å². The number of nitrogens with zero attached hydrogens (tertiary/aromatic N) is 3. The lowest BCUT2D eigenvalue weighted by Crippen LogP contribution is -2.35. The molecule has 0 spiro atoms. The Bertz CT molecular complexity index is 1010. The quantitative estimate of drug-likeness (QED) is 0.617. The Morgan fingerprint density at radius 2 is 1.71 bits per heavy atom. The van der Waals surface area contributed by atoms with Gasteiger partial charge in [-0.25, -0.2) is 0 Å². The molecular weight excluding hydrogens is 392 g/mol. The molecule has 1 aliphatic heterocycles. The van der Waals surface area contributed by atoms with Crippen molar-refractivity contribution in [3.05, 3.63) is 66.1 Å². The van der Waals surface area contributed by atoms with Gasteiger partial charge in [0.1, 0.15) is 0 Å². The number of amides is 2. The first-order chi connectivity index (χ1) is 15.2. The fraction of sp³-hybridized carbons (Fsp3) is 0.333. The van der Waals surface area contributed by atoms with E-state index in [1.165, 1.54) is 6.42 Å². The highest BCUT2D eigenvalue weighted by Gasteiger charge is 2.18. The van der Waals surface area contributed by atoms with E-state index in [4.69, 9.17) is 4.52 Å². The Hall–Kier alpha value is -3.48. The molecule has 4 rings (SSSR count). The topological polar surface area (TPSA) is 88.3 Å². The van der Waals surface area contributed by atoms with Crippen molar-refractivity contribution in [2.75, 3.05) is 18.4 Å². The van der Waals surface area contributed by atoms with Gasteiger partial charge < -0.3 is 14.7 Å². The van der Waals surface area contributed by atoms with E-state index < -0.39 is 0 Å². The molecule has 0 unspecified atom stereocenters. The molecule has 1 N–H and O–H groups in total. The van der Waals surface area contributed by atoms with Gasteiger partial charge in [-0.1, -0.05) is 35.5 Å². The second-order valence-electron chi connectivity index (χ2n) is 7.71. The van der Waals surface area contributed by atoms with E-state index in [0.717, 1.165) is 31.5 Å². The van der Waals surface area contributed by atoms with Gasteiger partial charge in [0.15, 0.2) is 0 Å². The molecule has 7 nitrogen and oxygen atoms in total. The molecule has 3 aromatic rings. The first kappa shape index (κ1) is 20.8. The van der Waals surface area contributed by atoms with Crippen molar-refractivity contribution >= 4 is 17.5 Å². The van der Waals surface area contributed by atoms with Crippen LogP contribution in [-0.2, 0) is 11.2 Å².